The standard InChI is InChI=1S/C15H17N3O8/c1-7(19)23-5-11-12(24-8(2)20)13(25-9(3)21)15(26-11)18-6-17-10(4-16)14(18)22/h6,11-13,15,22H,5H2,1-3H3/t11-,12-,13-,15-/m1/s1. The minimum Gasteiger partial charge on any atom is -0.492 e. The molecule has 4 atom stereocenters. The highest BCUT2D eigenvalue weighted by Gasteiger charge is 2.51. The zero-order valence-electron chi connectivity index (χ0n) is 14.2. The first-order valence-electron chi connectivity index (χ1n) is 7.53. The minimum absolute atomic E-state index is 0.261. The lowest BCUT2D eigenvalue weighted by molar-refractivity contribution is -0.166. The van der Waals surface area contributed by atoms with Crippen LogP contribution in [-0.2, 0) is 33.3 Å². The predicted molar refractivity (Wildman–Crippen MR) is 80.3 cm³/mol. The van der Waals surface area contributed by atoms with E-state index in [4.69, 9.17) is 24.2 Å². The summed E-state index contributed by atoms with van der Waals surface area (Å²) in [4.78, 5) is 37.7. The molecule has 1 aromatic rings. The lowest BCUT2D eigenvalue weighted by Crippen LogP contribution is -2.40. The molecule has 0 aromatic carbocycles. The van der Waals surface area contributed by atoms with Crippen molar-refractivity contribution in [3.63, 3.8) is 0 Å². The van der Waals surface area contributed by atoms with E-state index in [2.05, 4.69) is 4.98 Å². The summed E-state index contributed by atoms with van der Waals surface area (Å²) in [5, 5.41) is 19.0. The second-order valence-corrected chi connectivity index (χ2v) is 5.45. The maximum Gasteiger partial charge on any atom is 0.303 e. The number of hydrogen-bond donors (Lipinski definition) is 1. The summed E-state index contributed by atoms with van der Waals surface area (Å²) >= 11 is 0. The molecule has 1 saturated heterocycles. The maximum absolute atomic E-state index is 11.5. The summed E-state index contributed by atoms with van der Waals surface area (Å²) in [7, 11) is 0. The van der Waals surface area contributed by atoms with Crippen LogP contribution < -0.4 is 0 Å². The molecule has 140 valence electrons. The molecule has 0 unspecified atom stereocenters. The summed E-state index contributed by atoms with van der Waals surface area (Å²) in [6, 6.07) is 1.69. The minimum atomic E-state index is -1.16. The van der Waals surface area contributed by atoms with Crippen LogP contribution in [0.15, 0.2) is 6.33 Å². The number of imidazole rings is 1. The quantitative estimate of drug-likeness (QED) is 0.546. The molecule has 0 aliphatic carbocycles. The first-order valence-corrected chi connectivity index (χ1v) is 7.53. The third-order valence-electron chi connectivity index (χ3n) is 3.49. The second-order valence-electron chi connectivity index (χ2n) is 5.45. The van der Waals surface area contributed by atoms with Gasteiger partial charge in [0.15, 0.2) is 18.4 Å². The van der Waals surface area contributed by atoms with E-state index < -0.39 is 48.3 Å². The number of nitriles is 1. The highest BCUT2D eigenvalue weighted by molar-refractivity contribution is 5.68. The van der Waals surface area contributed by atoms with Crippen LogP contribution in [0.1, 0.15) is 32.7 Å². The van der Waals surface area contributed by atoms with Crippen molar-refractivity contribution < 1.29 is 38.4 Å². The van der Waals surface area contributed by atoms with E-state index in [9.17, 15) is 19.5 Å². The van der Waals surface area contributed by atoms with Gasteiger partial charge in [0, 0.05) is 20.8 Å². The molecule has 1 N–H and O–H groups in total. The van der Waals surface area contributed by atoms with E-state index in [0.717, 1.165) is 24.7 Å². The van der Waals surface area contributed by atoms with Crippen LogP contribution in [0.4, 0.5) is 0 Å². The number of carbonyl (C=O) groups excluding carboxylic acids is 3. The van der Waals surface area contributed by atoms with E-state index in [0.29, 0.717) is 0 Å². The molecule has 0 amide bonds. The zero-order chi connectivity index (χ0) is 19.4. The fourth-order valence-electron chi connectivity index (χ4n) is 2.54. The SMILES string of the molecule is CC(=O)OC[C@H]1O[C@@H](n2cnc(C#N)c2O)[C@H](OC(C)=O)[C@@H]1OC(C)=O. The van der Waals surface area contributed by atoms with Crippen LogP contribution in [0.5, 0.6) is 5.88 Å². The van der Waals surface area contributed by atoms with Crippen LogP contribution in [0.25, 0.3) is 0 Å². The number of aromatic hydroxyl groups is 1. The Morgan fingerprint density at radius 2 is 1.85 bits per heavy atom. The lowest BCUT2D eigenvalue weighted by atomic mass is 10.1. The lowest BCUT2D eigenvalue weighted by Gasteiger charge is -2.23. The number of aromatic nitrogens is 2. The van der Waals surface area contributed by atoms with Crippen LogP contribution in [0.2, 0.25) is 0 Å². The van der Waals surface area contributed by atoms with E-state index >= 15 is 0 Å². The Morgan fingerprint density at radius 1 is 1.23 bits per heavy atom. The molecular formula is C15H17N3O8. The molecule has 0 radical (unpaired) electrons. The molecule has 11 nitrogen and oxygen atoms in total. The van der Waals surface area contributed by atoms with Gasteiger partial charge in [-0.2, -0.15) is 5.26 Å². The van der Waals surface area contributed by atoms with Crippen molar-refractivity contribution in [3.05, 3.63) is 12.0 Å². The molecule has 2 heterocycles. The Labute approximate surface area is 148 Å². The Balaban J connectivity index is 2.39. The van der Waals surface area contributed by atoms with Crippen molar-refractivity contribution in [2.45, 2.75) is 45.3 Å². The van der Waals surface area contributed by atoms with Crippen LogP contribution >= 0.6 is 0 Å². The Bertz CT molecular complexity index is 753. The van der Waals surface area contributed by atoms with E-state index in [-0.39, 0.29) is 12.3 Å². The molecule has 1 aliphatic heterocycles. The van der Waals surface area contributed by atoms with Gasteiger partial charge in [0.05, 0.1) is 0 Å². The van der Waals surface area contributed by atoms with Crippen molar-refractivity contribution >= 4 is 17.9 Å². The number of esters is 3. The van der Waals surface area contributed by atoms with Crippen molar-refractivity contribution in [2.75, 3.05) is 6.61 Å². The van der Waals surface area contributed by atoms with Gasteiger partial charge >= 0.3 is 17.9 Å². The smallest absolute Gasteiger partial charge is 0.303 e. The summed E-state index contributed by atoms with van der Waals surface area (Å²) < 4.78 is 22.0. The summed E-state index contributed by atoms with van der Waals surface area (Å²) in [5.41, 5.74) is -0.261. The molecule has 1 fully saturated rings. The van der Waals surface area contributed by atoms with Gasteiger partial charge in [-0.15, -0.1) is 0 Å². The predicted octanol–water partition coefficient (Wildman–Crippen LogP) is -0.216. The molecule has 1 aromatic heterocycles. The summed E-state index contributed by atoms with van der Waals surface area (Å²) in [5.74, 6) is -2.45. The maximum atomic E-state index is 11.5. The molecule has 0 bridgehead atoms. The monoisotopic (exact) mass is 367 g/mol. The normalized spacial score (nSPS) is 24.5. The number of carbonyl (C=O) groups is 3. The van der Waals surface area contributed by atoms with Crippen LogP contribution in [0.3, 0.4) is 0 Å². The first-order chi connectivity index (χ1) is 12.2. The van der Waals surface area contributed by atoms with Gasteiger partial charge in [0.25, 0.3) is 0 Å². The average molecular weight is 367 g/mol. The Kier molecular flexibility index (Phi) is 5.78. The van der Waals surface area contributed by atoms with Crippen molar-refractivity contribution in [1.29, 1.82) is 5.26 Å². The number of hydrogen-bond acceptors (Lipinski definition) is 10. The van der Waals surface area contributed by atoms with Gasteiger partial charge < -0.3 is 24.1 Å². The van der Waals surface area contributed by atoms with E-state index in [1.165, 1.54) is 6.92 Å². The molecule has 1 aliphatic rings. The van der Waals surface area contributed by atoms with Gasteiger partial charge in [0.1, 0.15) is 25.1 Å². The Hall–Kier alpha value is -3.13. The first kappa shape index (κ1) is 19.2. The third-order valence-corrected chi connectivity index (χ3v) is 3.49. The number of rotatable bonds is 5. The topological polar surface area (TPSA) is 150 Å². The molecule has 2 rings (SSSR count). The second kappa shape index (κ2) is 7.83. The highest BCUT2D eigenvalue weighted by Crippen LogP contribution is 2.37. The van der Waals surface area contributed by atoms with Crippen molar-refractivity contribution in [1.82, 2.24) is 9.55 Å². The highest BCUT2D eigenvalue weighted by atomic mass is 16.7. The fraction of sp³-hybridized carbons (Fsp3) is 0.533. The van der Waals surface area contributed by atoms with Crippen LogP contribution in [0, 0.1) is 11.3 Å². The average Bonchev–Trinajstić information content (AvgIpc) is 3.06. The van der Waals surface area contributed by atoms with E-state index in [1.807, 2.05) is 0 Å². The fourth-order valence-corrected chi connectivity index (χ4v) is 2.54. The molecule has 26 heavy (non-hydrogen) atoms. The van der Waals surface area contributed by atoms with Gasteiger partial charge in [-0.3, -0.25) is 19.0 Å². The van der Waals surface area contributed by atoms with E-state index in [1.54, 1.807) is 6.07 Å². The number of ether oxygens (including phenoxy) is 4. The van der Waals surface area contributed by atoms with Crippen molar-refractivity contribution in [2.24, 2.45) is 0 Å². The molecular weight excluding hydrogens is 350 g/mol. The summed E-state index contributed by atoms with van der Waals surface area (Å²) in [6.45, 7) is 3.22. The zero-order valence-corrected chi connectivity index (χ0v) is 14.2. The Morgan fingerprint density at radius 3 is 2.35 bits per heavy atom. The molecule has 11 heteroatoms. The number of nitrogens with zero attached hydrogens (tertiary/aromatic N) is 3. The summed E-state index contributed by atoms with van der Waals surface area (Å²) in [6.07, 6.45) is -3.27. The molecule has 0 saturated carbocycles. The van der Waals surface area contributed by atoms with Gasteiger partial charge in [-0.25, -0.2) is 4.98 Å². The van der Waals surface area contributed by atoms with Gasteiger partial charge in [-0.05, 0) is 0 Å². The third kappa shape index (κ3) is 4.09. The van der Waals surface area contributed by atoms with Gasteiger partial charge in [0.2, 0.25) is 11.6 Å². The largest absolute Gasteiger partial charge is 0.492 e. The van der Waals surface area contributed by atoms with Crippen LogP contribution in [-0.4, -0.2) is 57.5 Å². The molecule has 0 spiro atoms. The van der Waals surface area contributed by atoms with Crippen molar-refractivity contribution in [3.8, 4) is 11.9 Å². The van der Waals surface area contributed by atoms with Gasteiger partial charge in [-0.1, -0.05) is 0 Å².